The van der Waals surface area contributed by atoms with Crippen LogP contribution in [0.15, 0.2) is 41.2 Å². The second-order valence-corrected chi connectivity index (χ2v) is 4.75. The van der Waals surface area contributed by atoms with Crippen LogP contribution in [0.3, 0.4) is 0 Å². The molecule has 0 radical (unpaired) electrons. The molecule has 1 aliphatic heterocycles. The molecule has 2 aromatic heterocycles. The molecule has 6 heteroatoms. The molecule has 0 aliphatic carbocycles. The van der Waals surface area contributed by atoms with Gasteiger partial charge in [-0.1, -0.05) is 23.4 Å². The number of benzene rings is 1. The van der Waals surface area contributed by atoms with Crippen LogP contribution in [-0.2, 0) is 0 Å². The zero-order valence-electron chi connectivity index (χ0n) is 10.7. The zero-order valence-corrected chi connectivity index (χ0v) is 10.7. The van der Waals surface area contributed by atoms with Gasteiger partial charge in [0.2, 0.25) is 11.7 Å². The summed E-state index contributed by atoms with van der Waals surface area (Å²) in [4.78, 5) is 11.6. The fourth-order valence-electron chi connectivity index (χ4n) is 2.59. The van der Waals surface area contributed by atoms with E-state index in [2.05, 4.69) is 37.6 Å². The molecule has 1 aliphatic rings. The molecule has 1 unspecified atom stereocenters. The van der Waals surface area contributed by atoms with Crippen molar-refractivity contribution >= 4 is 5.69 Å². The molecule has 3 heterocycles. The molecule has 100 valence electrons. The third-order valence-corrected chi connectivity index (χ3v) is 3.53. The predicted molar refractivity (Wildman–Crippen MR) is 73.3 cm³/mol. The van der Waals surface area contributed by atoms with Gasteiger partial charge in [-0.15, -0.1) is 0 Å². The molecular weight excluding hydrogens is 254 g/mol. The number of para-hydroxylation sites is 1. The number of nitrogens with zero attached hydrogens (tertiary/aromatic N) is 3. The van der Waals surface area contributed by atoms with Gasteiger partial charge in [0.1, 0.15) is 0 Å². The summed E-state index contributed by atoms with van der Waals surface area (Å²) in [6, 6.07) is 8.23. The maximum absolute atomic E-state index is 5.44. The maximum atomic E-state index is 5.44. The van der Waals surface area contributed by atoms with Crippen molar-refractivity contribution in [3.63, 3.8) is 0 Å². The molecule has 4 rings (SSSR count). The lowest BCUT2D eigenvalue weighted by atomic mass is 9.91. The average molecular weight is 267 g/mol. The standard InChI is InChI=1S/C14H13N5O/c1-2-4-11-9(3-1)10(5-6-15-11)14-18-13(19-20-14)12-16-7-8-17-12/h1-4,7-8,10,15H,5-6H2,(H,16,17). The van der Waals surface area contributed by atoms with Crippen LogP contribution >= 0.6 is 0 Å². The highest BCUT2D eigenvalue weighted by Gasteiger charge is 2.26. The molecule has 2 N–H and O–H groups in total. The molecule has 0 spiro atoms. The maximum Gasteiger partial charge on any atom is 0.238 e. The van der Waals surface area contributed by atoms with E-state index in [9.17, 15) is 0 Å². The monoisotopic (exact) mass is 267 g/mol. The van der Waals surface area contributed by atoms with E-state index < -0.39 is 0 Å². The van der Waals surface area contributed by atoms with Crippen LogP contribution in [0.5, 0.6) is 0 Å². The van der Waals surface area contributed by atoms with Crippen LogP contribution in [0.2, 0.25) is 0 Å². The Morgan fingerprint density at radius 2 is 2.20 bits per heavy atom. The number of H-pyrrole nitrogens is 1. The Morgan fingerprint density at radius 3 is 3.10 bits per heavy atom. The highest BCUT2D eigenvalue weighted by Crippen LogP contribution is 2.35. The Bertz CT molecular complexity index is 719. The number of aromatic nitrogens is 4. The van der Waals surface area contributed by atoms with Gasteiger partial charge in [0.15, 0.2) is 5.82 Å². The number of imidazole rings is 1. The highest BCUT2D eigenvalue weighted by atomic mass is 16.5. The molecule has 0 bridgehead atoms. The van der Waals surface area contributed by atoms with Crippen molar-refractivity contribution in [3.05, 3.63) is 48.1 Å². The molecule has 1 atom stereocenters. The van der Waals surface area contributed by atoms with Crippen LogP contribution < -0.4 is 5.32 Å². The molecule has 0 fully saturated rings. The van der Waals surface area contributed by atoms with Crippen LogP contribution in [0.25, 0.3) is 11.6 Å². The lowest BCUT2D eigenvalue weighted by Gasteiger charge is -2.23. The Balaban J connectivity index is 1.72. The number of hydrogen-bond donors (Lipinski definition) is 2. The Kier molecular flexibility index (Phi) is 2.51. The van der Waals surface area contributed by atoms with Crippen molar-refractivity contribution in [1.29, 1.82) is 0 Å². The first kappa shape index (κ1) is 11.2. The summed E-state index contributed by atoms with van der Waals surface area (Å²) in [6.07, 6.45) is 4.35. The van der Waals surface area contributed by atoms with E-state index in [1.54, 1.807) is 12.4 Å². The molecular formula is C14H13N5O. The van der Waals surface area contributed by atoms with Gasteiger partial charge >= 0.3 is 0 Å². The van der Waals surface area contributed by atoms with E-state index >= 15 is 0 Å². The Labute approximate surface area is 115 Å². The van der Waals surface area contributed by atoms with Crippen molar-refractivity contribution in [2.75, 3.05) is 11.9 Å². The van der Waals surface area contributed by atoms with Crippen molar-refractivity contribution in [2.24, 2.45) is 0 Å². The smallest absolute Gasteiger partial charge is 0.238 e. The summed E-state index contributed by atoms with van der Waals surface area (Å²) in [5.74, 6) is 1.91. The summed E-state index contributed by atoms with van der Waals surface area (Å²) in [5.41, 5.74) is 2.34. The lowest BCUT2D eigenvalue weighted by Crippen LogP contribution is -2.17. The number of hydrogen-bond acceptors (Lipinski definition) is 5. The van der Waals surface area contributed by atoms with Crippen LogP contribution in [0, 0.1) is 0 Å². The molecule has 0 saturated heterocycles. The van der Waals surface area contributed by atoms with E-state index in [1.807, 2.05) is 12.1 Å². The predicted octanol–water partition coefficient (Wildman–Crippen LogP) is 2.41. The van der Waals surface area contributed by atoms with Gasteiger partial charge in [0.25, 0.3) is 0 Å². The first-order valence-electron chi connectivity index (χ1n) is 6.58. The number of fused-ring (bicyclic) bond motifs is 1. The summed E-state index contributed by atoms with van der Waals surface area (Å²) >= 11 is 0. The Morgan fingerprint density at radius 1 is 1.25 bits per heavy atom. The van der Waals surface area contributed by atoms with Crippen molar-refractivity contribution < 1.29 is 4.52 Å². The minimum atomic E-state index is 0.142. The van der Waals surface area contributed by atoms with E-state index in [1.165, 1.54) is 5.56 Å². The first-order chi connectivity index (χ1) is 9.92. The molecule has 20 heavy (non-hydrogen) atoms. The largest absolute Gasteiger partial charge is 0.385 e. The summed E-state index contributed by atoms with van der Waals surface area (Å²) < 4.78 is 5.44. The topological polar surface area (TPSA) is 79.6 Å². The zero-order chi connectivity index (χ0) is 13.4. The normalized spacial score (nSPS) is 17.5. The SMILES string of the molecule is c1ccc2c(c1)NCCC2c1nc(-c2ncc[nH]2)no1. The summed E-state index contributed by atoms with van der Waals surface area (Å²) in [6.45, 7) is 0.903. The number of aromatic amines is 1. The number of anilines is 1. The summed E-state index contributed by atoms with van der Waals surface area (Å²) in [5, 5.41) is 7.39. The van der Waals surface area contributed by atoms with Gasteiger partial charge in [0.05, 0.1) is 5.92 Å². The van der Waals surface area contributed by atoms with Crippen LogP contribution in [0.1, 0.15) is 23.8 Å². The minimum Gasteiger partial charge on any atom is -0.385 e. The van der Waals surface area contributed by atoms with Gasteiger partial charge in [-0.25, -0.2) is 4.98 Å². The van der Waals surface area contributed by atoms with E-state index in [0.717, 1.165) is 18.7 Å². The fourth-order valence-corrected chi connectivity index (χ4v) is 2.59. The van der Waals surface area contributed by atoms with Crippen molar-refractivity contribution in [2.45, 2.75) is 12.3 Å². The molecule has 0 amide bonds. The number of nitrogens with one attached hydrogen (secondary N) is 2. The third kappa shape index (κ3) is 1.77. The minimum absolute atomic E-state index is 0.142. The van der Waals surface area contributed by atoms with Crippen LogP contribution in [0.4, 0.5) is 5.69 Å². The molecule has 6 nitrogen and oxygen atoms in total. The van der Waals surface area contributed by atoms with Gasteiger partial charge < -0.3 is 14.8 Å². The first-order valence-corrected chi connectivity index (χ1v) is 6.58. The van der Waals surface area contributed by atoms with Gasteiger partial charge in [-0.2, -0.15) is 4.98 Å². The van der Waals surface area contributed by atoms with Crippen LogP contribution in [-0.4, -0.2) is 26.7 Å². The van der Waals surface area contributed by atoms with E-state index in [0.29, 0.717) is 17.5 Å². The van der Waals surface area contributed by atoms with Gasteiger partial charge in [-0.05, 0) is 18.1 Å². The fraction of sp³-hybridized carbons (Fsp3) is 0.214. The van der Waals surface area contributed by atoms with E-state index in [4.69, 9.17) is 4.52 Å². The van der Waals surface area contributed by atoms with Gasteiger partial charge in [0, 0.05) is 24.6 Å². The molecule has 3 aromatic rings. The van der Waals surface area contributed by atoms with Gasteiger partial charge in [-0.3, -0.25) is 0 Å². The Hall–Kier alpha value is -2.63. The van der Waals surface area contributed by atoms with Crippen molar-refractivity contribution in [1.82, 2.24) is 20.1 Å². The molecule has 0 saturated carbocycles. The van der Waals surface area contributed by atoms with E-state index in [-0.39, 0.29) is 5.92 Å². The number of rotatable bonds is 2. The average Bonchev–Trinajstić information content (AvgIpc) is 3.17. The summed E-state index contributed by atoms with van der Waals surface area (Å²) in [7, 11) is 0. The molecule has 1 aromatic carbocycles. The second-order valence-electron chi connectivity index (χ2n) is 4.75. The van der Waals surface area contributed by atoms with Crippen molar-refractivity contribution in [3.8, 4) is 11.6 Å². The second kappa shape index (κ2) is 4.48. The lowest BCUT2D eigenvalue weighted by molar-refractivity contribution is 0.361. The quantitative estimate of drug-likeness (QED) is 0.745. The highest BCUT2D eigenvalue weighted by molar-refractivity contribution is 5.56. The third-order valence-electron chi connectivity index (χ3n) is 3.53.